The summed E-state index contributed by atoms with van der Waals surface area (Å²) in [6, 6.07) is 28.1. The van der Waals surface area contributed by atoms with Crippen molar-refractivity contribution in [3.05, 3.63) is 156 Å². The van der Waals surface area contributed by atoms with Crippen molar-refractivity contribution in [2.75, 3.05) is 0 Å². The van der Waals surface area contributed by atoms with Gasteiger partial charge < -0.3 is 0 Å². The predicted molar refractivity (Wildman–Crippen MR) is 387 cm³/mol. The molecule has 17 rings (SSSR count). The molecule has 4 aromatic heterocycles. The minimum Gasteiger partial charge on any atom is -0.265 e. The third-order valence-electron chi connectivity index (χ3n) is 22.4. The fourth-order valence-corrected chi connectivity index (χ4v) is 16.9. The van der Waals surface area contributed by atoms with Gasteiger partial charge in [0.1, 0.15) is 0 Å². The maximum absolute atomic E-state index is 4.08. The molecule has 0 aliphatic heterocycles. The zero-order valence-electron chi connectivity index (χ0n) is 60.1. The lowest BCUT2D eigenvalue weighted by Gasteiger charge is -2.55. The van der Waals surface area contributed by atoms with E-state index < -0.39 is 0 Å². The van der Waals surface area contributed by atoms with Gasteiger partial charge >= 0.3 is 0 Å². The molecule has 12 aliphatic rings. The van der Waals surface area contributed by atoms with E-state index in [9.17, 15) is 0 Å². The van der Waals surface area contributed by atoms with Crippen LogP contribution in [0, 0.1) is 130 Å². The van der Waals surface area contributed by atoms with Gasteiger partial charge in [-0.25, -0.2) is 0 Å². The van der Waals surface area contributed by atoms with Gasteiger partial charge in [-0.2, -0.15) is 0 Å². The van der Waals surface area contributed by atoms with Gasteiger partial charge in [-0.1, -0.05) is 231 Å². The van der Waals surface area contributed by atoms with Gasteiger partial charge in [0.05, 0.1) is 0 Å². The minimum absolute atomic E-state index is 0.800. The Balaban J connectivity index is 0.000000179. The topological polar surface area (TPSA) is 51.6 Å². The van der Waals surface area contributed by atoms with E-state index in [2.05, 4.69) is 100 Å². The Labute approximate surface area is 550 Å². The van der Waals surface area contributed by atoms with Crippen LogP contribution in [0.2, 0.25) is 0 Å². The lowest BCUT2D eigenvalue weighted by atomic mass is 9.50. The SMILES string of the molecule is CC12CC3CC(CC(C3)C1)C2.CC1C2CC3CC(C2)CC1C3.CC1CCC(C)CC1.CC1CCCCC1.CC1CCCCC1C.CC1CCCCCC1.Cc1ccc(C)nc1.Cc1ccccc1.Cc1ccccn1.Cc1cccnc1.Cc1ccncc1. The summed E-state index contributed by atoms with van der Waals surface area (Å²) < 4.78 is 0. The highest BCUT2D eigenvalue weighted by atomic mass is 14.7. The average molecular weight is 1210 g/mol. The third-order valence-corrected chi connectivity index (χ3v) is 22.4. The van der Waals surface area contributed by atoms with Crippen molar-refractivity contribution in [3.63, 3.8) is 0 Å². The molecule has 12 fully saturated rings. The molecule has 0 N–H and O–H groups in total. The van der Waals surface area contributed by atoms with Crippen LogP contribution in [0.3, 0.4) is 0 Å². The highest BCUT2D eigenvalue weighted by Gasteiger charge is 2.48. The summed E-state index contributed by atoms with van der Waals surface area (Å²) in [6.07, 6.45) is 56.4. The monoisotopic (exact) mass is 1210 g/mol. The van der Waals surface area contributed by atoms with E-state index in [4.69, 9.17) is 0 Å². The van der Waals surface area contributed by atoms with Gasteiger partial charge in [0.2, 0.25) is 0 Å². The van der Waals surface area contributed by atoms with Gasteiger partial charge in [-0.15, -0.1) is 0 Å². The van der Waals surface area contributed by atoms with Crippen molar-refractivity contribution in [1.29, 1.82) is 0 Å². The zero-order chi connectivity index (χ0) is 64.2. The number of rotatable bonds is 0. The van der Waals surface area contributed by atoms with Crippen molar-refractivity contribution >= 4 is 0 Å². The normalized spacial score (nSPS) is 29.9. The molecular weight excluding hydrogens is 1080 g/mol. The lowest BCUT2D eigenvalue weighted by Crippen LogP contribution is -2.44. The first-order valence-electron chi connectivity index (χ1n) is 37.3. The number of aromatic nitrogens is 4. The summed E-state index contributed by atoms with van der Waals surface area (Å²) >= 11 is 0. The van der Waals surface area contributed by atoms with Crippen molar-refractivity contribution in [3.8, 4) is 0 Å². The van der Waals surface area contributed by atoms with Crippen molar-refractivity contribution in [2.24, 2.45) is 88.3 Å². The molecule has 2 unspecified atom stereocenters. The van der Waals surface area contributed by atoms with E-state index >= 15 is 0 Å². The molecule has 89 heavy (non-hydrogen) atoms. The van der Waals surface area contributed by atoms with E-state index in [0.29, 0.717) is 0 Å². The van der Waals surface area contributed by atoms with Crippen molar-refractivity contribution < 1.29 is 0 Å². The fraction of sp³-hybridized carbons (Fsp3) is 0.694. The molecule has 12 saturated carbocycles. The van der Waals surface area contributed by atoms with Crippen LogP contribution in [0.25, 0.3) is 0 Å². The molecule has 12 aliphatic carbocycles. The van der Waals surface area contributed by atoms with Crippen molar-refractivity contribution in [2.45, 2.75) is 290 Å². The first-order chi connectivity index (χ1) is 42.8. The smallest absolute Gasteiger partial charge is 0.0372 e. The van der Waals surface area contributed by atoms with Crippen LogP contribution >= 0.6 is 0 Å². The van der Waals surface area contributed by atoms with Crippen LogP contribution in [-0.2, 0) is 0 Å². The molecule has 4 heterocycles. The fourth-order valence-electron chi connectivity index (χ4n) is 16.9. The number of hydrogen-bond donors (Lipinski definition) is 0. The van der Waals surface area contributed by atoms with Crippen molar-refractivity contribution in [1.82, 2.24) is 19.9 Å². The average Bonchev–Trinajstić information content (AvgIpc) is 0.991. The Hall–Kier alpha value is -4.18. The van der Waals surface area contributed by atoms with Crippen LogP contribution in [-0.4, -0.2) is 19.9 Å². The third kappa shape index (κ3) is 32.8. The summed E-state index contributed by atoms with van der Waals surface area (Å²) in [7, 11) is 0. The molecule has 496 valence electrons. The largest absolute Gasteiger partial charge is 0.265 e. The molecule has 4 heteroatoms. The second-order valence-electron chi connectivity index (χ2n) is 31.6. The van der Waals surface area contributed by atoms with Crippen LogP contribution in [0.4, 0.5) is 0 Å². The van der Waals surface area contributed by atoms with E-state index in [-0.39, 0.29) is 0 Å². The summed E-state index contributed by atoms with van der Waals surface area (Å²) in [5.74, 6) is 15.2. The molecule has 0 saturated heterocycles. The Bertz CT molecular complexity index is 2200. The molecule has 8 bridgehead atoms. The van der Waals surface area contributed by atoms with Gasteiger partial charge in [-0.3, -0.25) is 19.9 Å². The molecule has 0 radical (unpaired) electrons. The zero-order valence-corrected chi connectivity index (χ0v) is 60.1. The maximum atomic E-state index is 4.08. The highest BCUT2D eigenvalue weighted by molar-refractivity contribution is 5.12. The lowest BCUT2D eigenvalue weighted by molar-refractivity contribution is -0.0411. The number of aryl methyl sites for hydroxylation is 6. The summed E-state index contributed by atoms with van der Waals surface area (Å²) in [5.41, 5.74) is 7.96. The standard InChI is InChI=1S/2C11H18.3C8H16.C7H9N.C7H14.C7H8.3C6H7N/c1-11-5-8-2-9(6-11)4-10(3-8)7-11;1-7-10-3-8-2-9(5-10)6-11(7)4-8;1-7-3-5-8(2)6-4-7;1-7-5-3-4-6-8(7)2;1-8-6-4-2-3-5-7-8;1-6-3-4-7(2)8-5-6;2*1-7-5-3-2-4-6-7;1-6-2-4-7-5-3-6;1-6-3-2-4-7-5-6;1-6-4-2-3-5-7-6/h8-10H,2-7H2,1H3;7-11H,2-6H2,1H3;2*7-8H,3-6H2,1-2H3;8H,2-7H2,1H3;3-5H,1-2H3;7H,2-6H2,1H3;2-6H,1H3;3*2-5H,1H3. The van der Waals surface area contributed by atoms with E-state index in [0.717, 1.165) is 99.7 Å². The molecule has 1 aromatic carbocycles. The second kappa shape index (κ2) is 42.9. The number of benzene rings is 1. The summed E-state index contributed by atoms with van der Waals surface area (Å²) in [4.78, 5) is 15.8. The van der Waals surface area contributed by atoms with Crippen LogP contribution in [0.1, 0.15) is 282 Å². The quantitative estimate of drug-likeness (QED) is 0.145. The number of nitrogens with zero attached hydrogens (tertiary/aromatic N) is 4. The van der Waals surface area contributed by atoms with E-state index in [1.807, 2.05) is 114 Å². The van der Waals surface area contributed by atoms with E-state index in [1.54, 1.807) is 95.4 Å². The van der Waals surface area contributed by atoms with Gasteiger partial charge in [0.15, 0.2) is 0 Å². The van der Waals surface area contributed by atoms with Crippen LogP contribution < -0.4 is 0 Å². The molecular formula is C85H136N4. The van der Waals surface area contributed by atoms with Gasteiger partial charge in [-0.05, 0) is 254 Å². The molecule has 0 amide bonds. The predicted octanol–water partition coefficient (Wildman–Crippen LogP) is 25.4. The molecule has 4 nitrogen and oxygen atoms in total. The Morgan fingerprint density at radius 1 is 0.315 bits per heavy atom. The van der Waals surface area contributed by atoms with Gasteiger partial charge in [0.25, 0.3) is 0 Å². The first-order valence-corrected chi connectivity index (χ1v) is 37.3. The number of hydrogen-bond acceptors (Lipinski definition) is 4. The van der Waals surface area contributed by atoms with Gasteiger partial charge in [0, 0.05) is 48.6 Å². The van der Waals surface area contributed by atoms with E-state index in [1.165, 1.54) is 144 Å². The molecule has 0 spiro atoms. The molecule has 2 atom stereocenters. The second-order valence-corrected chi connectivity index (χ2v) is 31.6. The Morgan fingerprint density at radius 2 is 0.719 bits per heavy atom. The Kier molecular flexibility index (Phi) is 36.4. The Morgan fingerprint density at radius 3 is 1.03 bits per heavy atom. The van der Waals surface area contributed by atoms with Crippen LogP contribution in [0.15, 0.2) is 122 Å². The number of pyridine rings is 4. The summed E-state index contributed by atoms with van der Waals surface area (Å²) in [6.45, 7) is 31.4. The maximum Gasteiger partial charge on any atom is 0.0372 e. The van der Waals surface area contributed by atoms with Crippen LogP contribution in [0.5, 0.6) is 0 Å². The molecule has 5 aromatic rings. The highest BCUT2D eigenvalue weighted by Crippen LogP contribution is 2.60. The minimum atomic E-state index is 0.800. The summed E-state index contributed by atoms with van der Waals surface area (Å²) in [5, 5.41) is 0. The first kappa shape index (κ1) is 75.5.